The van der Waals surface area contributed by atoms with E-state index in [1.807, 2.05) is 23.1 Å². The average Bonchev–Trinajstić information content (AvgIpc) is 2.39. The number of rotatable bonds is 3. The van der Waals surface area contributed by atoms with Crippen molar-refractivity contribution in [3.8, 4) is 0 Å². The van der Waals surface area contributed by atoms with E-state index in [9.17, 15) is 4.79 Å². The molecule has 1 saturated heterocycles. The first-order chi connectivity index (χ1) is 9.13. The van der Waals surface area contributed by atoms with Gasteiger partial charge in [-0.15, -0.1) is 0 Å². The van der Waals surface area contributed by atoms with Crippen LogP contribution in [-0.2, 0) is 0 Å². The van der Waals surface area contributed by atoms with Gasteiger partial charge in [-0.05, 0) is 59.8 Å². The van der Waals surface area contributed by atoms with Gasteiger partial charge in [0.15, 0.2) is 0 Å². The zero-order valence-corrected chi connectivity index (χ0v) is 13.8. The van der Waals surface area contributed by atoms with Gasteiger partial charge in [0.1, 0.15) is 0 Å². The van der Waals surface area contributed by atoms with Crippen molar-refractivity contribution >= 4 is 37.8 Å². The number of piperidine rings is 1. The Morgan fingerprint density at radius 1 is 1.37 bits per heavy atom. The average molecular weight is 391 g/mol. The molecule has 2 rings (SSSR count). The molecule has 1 fully saturated rings. The van der Waals surface area contributed by atoms with Crippen LogP contribution in [0.2, 0.25) is 0 Å². The SMILES string of the molecule is O=C(c1ccc(Br)cc1Br)N1CCCCC1CCO. The van der Waals surface area contributed by atoms with Gasteiger partial charge >= 0.3 is 0 Å². The molecule has 1 aromatic rings. The van der Waals surface area contributed by atoms with E-state index in [0.29, 0.717) is 12.0 Å². The summed E-state index contributed by atoms with van der Waals surface area (Å²) in [5, 5.41) is 9.13. The van der Waals surface area contributed by atoms with E-state index in [2.05, 4.69) is 31.9 Å². The standard InChI is InChI=1S/C14H17Br2NO2/c15-10-4-5-12(13(16)9-10)14(19)17-7-2-1-3-11(17)6-8-18/h4-5,9,11,18H,1-3,6-8H2. The van der Waals surface area contributed by atoms with Gasteiger partial charge in [-0.1, -0.05) is 15.9 Å². The monoisotopic (exact) mass is 389 g/mol. The van der Waals surface area contributed by atoms with E-state index in [-0.39, 0.29) is 18.6 Å². The Kier molecular flexibility index (Phi) is 5.42. The van der Waals surface area contributed by atoms with Crippen molar-refractivity contribution in [1.82, 2.24) is 4.90 Å². The Morgan fingerprint density at radius 3 is 2.84 bits per heavy atom. The molecular formula is C14H17Br2NO2. The highest BCUT2D eigenvalue weighted by molar-refractivity contribution is 9.11. The van der Waals surface area contributed by atoms with Gasteiger partial charge in [0, 0.05) is 28.1 Å². The van der Waals surface area contributed by atoms with Gasteiger partial charge in [-0.25, -0.2) is 0 Å². The molecule has 1 atom stereocenters. The number of carbonyl (C=O) groups is 1. The number of aliphatic hydroxyl groups excluding tert-OH is 1. The number of likely N-dealkylation sites (tertiary alicyclic amines) is 1. The summed E-state index contributed by atoms with van der Waals surface area (Å²) in [5.74, 6) is 0.0533. The predicted octanol–water partition coefficient (Wildman–Crippen LogP) is 3.59. The van der Waals surface area contributed by atoms with Crippen LogP contribution >= 0.6 is 31.9 Å². The summed E-state index contributed by atoms with van der Waals surface area (Å²) >= 11 is 6.84. The van der Waals surface area contributed by atoms with Crippen LogP contribution in [0.3, 0.4) is 0 Å². The van der Waals surface area contributed by atoms with Gasteiger partial charge in [0.05, 0.1) is 5.56 Å². The van der Waals surface area contributed by atoms with Crippen molar-refractivity contribution in [3.63, 3.8) is 0 Å². The van der Waals surface area contributed by atoms with Crippen LogP contribution in [0.4, 0.5) is 0 Å². The highest BCUT2D eigenvalue weighted by Gasteiger charge is 2.27. The molecule has 1 aromatic carbocycles. The molecule has 3 nitrogen and oxygen atoms in total. The number of benzene rings is 1. The molecule has 0 radical (unpaired) electrons. The summed E-state index contributed by atoms with van der Waals surface area (Å²) in [6.07, 6.45) is 3.83. The second-order valence-corrected chi connectivity index (χ2v) is 6.55. The molecule has 0 bridgehead atoms. The zero-order valence-electron chi connectivity index (χ0n) is 10.6. The van der Waals surface area contributed by atoms with Crippen molar-refractivity contribution < 1.29 is 9.90 Å². The van der Waals surface area contributed by atoms with Crippen LogP contribution in [0.5, 0.6) is 0 Å². The van der Waals surface area contributed by atoms with Gasteiger partial charge in [0.2, 0.25) is 0 Å². The topological polar surface area (TPSA) is 40.5 Å². The summed E-state index contributed by atoms with van der Waals surface area (Å²) in [6, 6.07) is 5.77. The Hall–Kier alpha value is -0.390. The minimum atomic E-state index is 0.0533. The summed E-state index contributed by atoms with van der Waals surface area (Å²) in [6.45, 7) is 0.919. The maximum absolute atomic E-state index is 12.6. The molecule has 104 valence electrons. The first-order valence-electron chi connectivity index (χ1n) is 6.50. The second-order valence-electron chi connectivity index (χ2n) is 4.78. The van der Waals surface area contributed by atoms with E-state index in [1.54, 1.807) is 0 Å². The van der Waals surface area contributed by atoms with Crippen molar-refractivity contribution in [2.24, 2.45) is 0 Å². The molecule has 5 heteroatoms. The second kappa shape index (κ2) is 6.86. The maximum Gasteiger partial charge on any atom is 0.255 e. The van der Waals surface area contributed by atoms with Crippen molar-refractivity contribution in [2.45, 2.75) is 31.7 Å². The number of aliphatic hydroxyl groups is 1. The lowest BCUT2D eigenvalue weighted by molar-refractivity contribution is 0.0573. The van der Waals surface area contributed by atoms with E-state index in [1.165, 1.54) is 0 Å². The summed E-state index contributed by atoms with van der Waals surface area (Å²) < 4.78 is 1.75. The molecule has 0 aromatic heterocycles. The van der Waals surface area contributed by atoms with Gasteiger partial charge < -0.3 is 10.0 Å². The van der Waals surface area contributed by atoms with Gasteiger partial charge in [-0.2, -0.15) is 0 Å². The van der Waals surface area contributed by atoms with Gasteiger partial charge in [0.25, 0.3) is 5.91 Å². The third kappa shape index (κ3) is 3.58. The number of amides is 1. The number of nitrogens with zero attached hydrogens (tertiary/aromatic N) is 1. The quantitative estimate of drug-likeness (QED) is 0.856. The Balaban J connectivity index is 2.21. The lowest BCUT2D eigenvalue weighted by atomic mass is 9.98. The van der Waals surface area contributed by atoms with E-state index < -0.39 is 0 Å². The van der Waals surface area contributed by atoms with Crippen LogP contribution in [0.15, 0.2) is 27.1 Å². The lowest BCUT2D eigenvalue weighted by Crippen LogP contribution is -2.44. The zero-order chi connectivity index (χ0) is 13.8. The normalized spacial score (nSPS) is 19.5. The molecule has 1 aliphatic rings. The Bertz CT molecular complexity index is 463. The number of hydrogen-bond donors (Lipinski definition) is 1. The first kappa shape index (κ1) is 15.0. The molecule has 1 heterocycles. The highest BCUT2D eigenvalue weighted by atomic mass is 79.9. The molecule has 1 aliphatic heterocycles. The maximum atomic E-state index is 12.6. The third-order valence-corrected chi connectivity index (χ3v) is 4.66. The van der Waals surface area contributed by atoms with E-state index in [0.717, 1.165) is 34.8 Å². The van der Waals surface area contributed by atoms with Crippen LogP contribution in [0, 0.1) is 0 Å². The third-order valence-electron chi connectivity index (χ3n) is 3.51. The lowest BCUT2D eigenvalue weighted by Gasteiger charge is -2.35. The molecule has 0 saturated carbocycles. The number of hydrogen-bond acceptors (Lipinski definition) is 2. The molecule has 1 amide bonds. The Labute approximate surface area is 130 Å². The van der Waals surface area contributed by atoms with E-state index in [4.69, 9.17) is 5.11 Å². The molecule has 1 N–H and O–H groups in total. The summed E-state index contributed by atoms with van der Waals surface area (Å²) in [4.78, 5) is 14.5. The van der Waals surface area contributed by atoms with Crippen LogP contribution in [0.25, 0.3) is 0 Å². The molecule has 19 heavy (non-hydrogen) atoms. The minimum Gasteiger partial charge on any atom is -0.396 e. The predicted molar refractivity (Wildman–Crippen MR) is 82.2 cm³/mol. The number of carbonyl (C=O) groups excluding carboxylic acids is 1. The fourth-order valence-electron chi connectivity index (χ4n) is 2.53. The molecule has 1 unspecified atom stereocenters. The van der Waals surface area contributed by atoms with E-state index >= 15 is 0 Å². The smallest absolute Gasteiger partial charge is 0.255 e. The molecule has 0 spiro atoms. The summed E-state index contributed by atoms with van der Waals surface area (Å²) in [5.41, 5.74) is 0.688. The molecular weight excluding hydrogens is 374 g/mol. The van der Waals surface area contributed by atoms with Crippen LogP contribution < -0.4 is 0 Å². The minimum absolute atomic E-state index is 0.0533. The van der Waals surface area contributed by atoms with Crippen molar-refractivity contribution in [2.75, 3.05) is 13.2 Å². The fraction of sp³-hybridized carbons (Fsp3) is 0.500. The van der Waals surface area contributed by atoms with Crippen molar-refractivity contribution in [1.29, 1.82) is 0 Å². The largest absolute Gasteiger partial charge is 0.396 e. The van der Waals surface area contributed by atoms with Gasteiger partial charge in [-0.3, -0.25) is 4.79 Å². The Morgan fingerprint density at radius 2 is 2.16 bits per heavy atom. The van der Waals surface area contributed by atoms with Crippen LogP contribution in [0.1, 0.15) is 36.0 Å². The highest BCUT2D eigenvalue weighted by Crippen LogP contribution is 2.27. The summed E-state index contributed by atoms with van der Waals surface area (Å²) in [7, 11) is 0. The number of halogens is 2. The van der Waals surface area contributed by atoms with Crippen molar-refractivity contribution in [3.05, 3.63) is 32.7 Å². The van der Waals surface area contributed by atoms with Crippen LogP contribution in [-0.4, -0.2) is 35.1 Å². The fourth-order valence-corrected chi connectivity index (χ4v) is 3.75. The molecule has 0 aliphatic carbocycles. The first-order valence-corrected chi connectivity index (χ1v) is 8.09.